The highest BCUT2D eigenvalue weighted by molar-refractivity contribution is 7.70. The number of ether oxygens (including phenoxy) is 1. The van der Waals surface area contributed by atoms with Gasteiger partial charge in [0.25, 0.3) is 0 Å². The minimum Gasteiger partial charge on any atom is -0.495 e. The second-order valence-corrected chi connectivity index (χ2v) is 13.8. The van der Waals surface area contributed by atoms with Crippen LogP contribution in [0.15, 0.2) is 55.0 Å². The average Bonchev–Trinajstić information content (AvgIpc) is 3.26. The molecule has 0 spiro atoms. The number of nitrogens with zero attached hydrogens (tertiary/aromatic N) is 4. The zero-order chi connectivity index (χ0) is 27.0. The molecule has 0 amide bonds. The van der Waals surface area contributed by atoms with E-state index in [0.717, 1.165) is 22.0 Å². The normalized spacial score (nSPS) is 11.9. The molecule has 37 heavy (non-hydrogen) atoms. The predicted octanol–water partition coefficient (Wildman–Crippen LogP) is 6.57. The molecule has 0 saturated carbocycles. The average molecular weight is 539 g/mol. The van der Waals surface area contributed by atoms with E-state index in [1.54, 1.807) is 25.1 Å². The van der Waals surface area contributed by atoms with Crippen molar-refractivity contribution in [2.75, 3.05) is 31.1 Å². The number of rotatable bonds is 7. The van der Waals surface area contributed by atoms with Crippen molar-refractivity contribution in [3.05, 3.63) is 65.6 Å². The van der Waals surface area contributed by atoms with Crippen molar-refractivity contribution in [1.82, 2.24) is 19.7 Å². The first-order chi connectivity index (χ1) is 17.4. The van der Waals surface area contributed by atoms with Gasteiger partial charge in [0.15, 0.2) is 5.82 Å². The summed E-state index contributed by atoms with van der Waals surface area (Å²) in [7, 11) is 1.01. The van der Waals surface area contributed by atoms with Crippen LogP contribution >= 0.6 is 18.7 Å². The van der Waals surface area contributed by atoms with Gasteiger partial charge in [-0.1, -0.05) is 44.5 Å². The largest absolute Gasteiger partial charge is 0.495 e. The molecule has 0 aliphatic carbocycles. The lowest BCUT2D eigenvalue weighted by atomic mass is 9.82. The zero-order valence-electron chi connectivity index (χ0n) is 22.1. The molecule has 0 radical (unpaired) electrons. The summed E-state index contributed by atoms with van der Waals surface area (Å²) in [5.74, 6) is 1.39. The lowest BCUT2D eigenvalue weighted by molar-refractivity contribution is 0.415. The fraction of sp³-hybridized carbons (Fsp3) is 0.296. The van der Waals surface area contributed by atoms with Crippen LogP contribution < -0.4 is 20.7 Å². The van der Waals surface area contributed by atoms with Crippen LogP contribution in [0.1, 0.15) is 26.3 Å². The molecule has 10 heteroatoms. The minimum atomic E-state index is -2.52. The second kappa shape index (κ2) is 10.2. The first-order valence-electron chi connectivity index (χ1n) is 11.8. The maximum atomic E-state index is 12.8. The van der Waals surface area contributed by atoms with Crippen molar-refractivity contribution in [2.45, 2.75) is 26.2 Å². The monoisotopic (exact) mass is 538 g/mol. The molecule has 0 bridgehead atoms. The van der Waals surface area contributed by atoms with Gasteiger partial charge in [-0.25, -0.2) is 4.98 Å². The summed E-state index contributed by atoms with van der Waals surface area (Å²) in [6.07, 6.45) is 5.36. The third-order valence-electron chi connectivity index (χ3n) is 5.89. The summed E-state index contributed by atoms with van der Waals surface area (Å²) in [6.45, 7) is 9.96. The van der Waals surface area contributed by atoms with E-state index in [1.165, 1.54) is 6.20 Å². The van der Waals surface area contributed by atoms with Crippen LogP contribution in [-0.2, 0) is 17.0 Å². The Hall–Kier alpha value is -3.35. The van der Waals surface area contributed by atoms with Gasteiger partial charge in [0.05, 0.1) is 30.9 Å². The van der Waals surface area contributed by atoms with E-state index < -0.39 is 7.14 Å². The quantitative estimate of drug-likeness (QED) is 0.257. The van der Waals surface area contributed by atoms with Crippen molar-refractivity contribution < 1.29 is 9.30 Å². The molecular formula is C27H32ClN6O2P. The van der Waals surface area contributed by atoms with Crippen LogP contribution in [0.4, 0.5) is 23.1 Å². The van der Waals surface area contributed by atoms with E-state index in [1.807, 2.05) is 55.8 Å². The van der Waals surface area contributed by atoms with Crippen LogP contribution in [0.2, 0.25) is 5.02 Å². The Bertz CT molecular complexity index is 1490. The van der Waals surface area contributed by atoms with Crippen molar-refractivity contribution in [1.29, 1.82) is 0 Å². The first kappa shape index (κ1) is 26.7. The Morgan fingerprint density at radius 3 is 2.41 bits per heavy atom. The molecule has 2 aromatic carbocycles. The molecule has 0 fully saturated rings. The molecule has 0 aliphatic rings. The molecule has 0 aliphatic heterocycles. The highest BCUT2D eigenvalue weighted by Crippen LogP contribution is 2.41. The highest BCUT2D eigenvalue weighted by Gasteiger charge is 2.23. The smallest absolute Gasteiger partial charge is 0.229 e. The topological polar surface area (TPSA) is 94.0 Å². The predicted molar refractivity (Wildman–Crippen MR) is 153 cm³/mol. The molecule has 2 heterocycles. The number of anilines is 4. The van der Waals surface area contributed by atoms with Crippen LogP contribution in [0.3, 0.4) is 0 Å². The SMILES string of the molecule is COc1cc(C(C)(C)C)c(-c2cnn(C)c2)cc1Nc1ncc(Cl)c(Nc2ccccc2P(C)(C)=O)n1. The summed E-state index contributed by atoms with van der Waals surface area (Å²) in [5, 5.41) is 11.9. The first-order valence-corrected chi connectivity index (χ1v) is 14.8. The molecular weight excluding hydrogens is 507 g/mol. The number of aryl methyl sites for hydroxylation is 1. The summed E-state index contributed by atoms with van der Waals surface area (Å²) in [4.78, 5) is 8.99. The van der Waals surface area contributed by atoms with E-state index >= 15 is 0 Å². The van der Waals surface area contributed by atoms with Gasteiger partial charge in [0, 0.05) is 24.1 Å². The van der Waals surface area contributed by atoms with E-state index in [4.69, 9.17) is 16.3 Å². The lowest BCUT2D eigenvalue weighted by Gasteiger charge is -2.25. The molecule has 0 unspecified atom stereocenters. The van der Waals surface area contributed by atoms with Gasteiger partial charge >= 0.3 is 0 Å². The van der Waals surface area contributed by atoms with Crippen molar-refractivity contribution in [2.24, 2.45) is 7.05 Å². The minimum absolute atomic E-state index is 0.129. The summed E-state index contributed by atoms with van der Waals surface area (Å²) in [6, 6.07) is 11.5. The van der Waals surface area contributed by atoms with E-state index in [-0.39, 0.29) is 5.41 Å². The maximum Gasteiger partial charge on any atom is 0.229 e. The van der Waals surface area contributed by atoms with Gasteiger partial charge in [-0.15, -0.1) is 0 Å². The van der Waals surface area contributed by atoms with Crippen molar-refractivity contribution in [3.8, 4) is 16.9 Å². The third-order valence-corrected chi connectivity index (χ3v) is 7.72. The molecule has 8 nitrogen and oxygen atoms in total. The van der Waals surface area contributed by atoms with Gasteiger partial charge in [0.1, 0.15) is 17.9 Å². The van der Waals surface area contributed by atoms with E-state index in [9.17, 15) is 4.57 Å². The number of halogens is 1. The molecule has 0 atom stereocenters. The molecule has 4 rings (SSSR count). The fourth-order valence-electron chi connectivity index (χ4n) is 4.08. The number of aromatic nitrogens is 4. The van der Waals surface area contributed by atoms with Gasteiger partial charge < -0.3 is 19.9 Å². The lowest BCUT2D eigenvalue weighted by Crippen LogP contribution is -2.14. The Kier molecular flexibility index (Phi) is 7.36. The Labute approximate surface area is 222 Å². The highest BCUT2D eigenvalue weighted by atomic mass is 35.5. The van der Waals surface area contributed by atoms with Crippen LogP contribution in [0.5, 0.6) is 5.75 Å². The standard InChI is InChI=1S/C27H32ClN6O2P/c1-27(2,3)19-13-23(36-5)22(12-18(19)17-14-30-34(4)16-17)32-26-29-15-20(28)25(33-26)31-21-10-8-9-11-24(21)37(6,7)35/h8-16H,1-7H3,(H2,29,31,32,33). The molecule has 2 aromatic heterocycles. The number of nitrogens with one attached hydrogen (secondary N) is 2. The Balaban J connectivity index is 1.75. The molecule has 4 aromatic rings. The molecule has 2 N–H and O–H groups in total. The number of para-hydroxylation sites is 1. The van der Waals surface area contributed by atoms with Gasteiger partial charge in [-0.05, 0) is 54.1 Å². The van der Waals surface area contributed by atoms with E-state index in [0.29, 0.717) is 33.9 Å². The molecule has 0 saturated heterocycles. The number of hydrogen-bond donors (Lipinski definition) is 2. The number of benzene rings is 2. The van der Waals surface area contributed by atoms with Gasteiger partial charge in [-0.3, -0.25) is 4.68 Å². The van der Waals surface area contributed by atoms with Crippen molar-refractivity contribution >= 4 is 47.2 Å². The van der Waals surface area contributed by atoms with Crippen LogP contribution in [-0.4, -0.2) is 40.2 Å². The summed E-state index contributed by atoms with van der Waals surface area (Å²) >= 11 is 6.43. The number of hydrogen-bond acceptors (Lipinski definition) is 7. The van der Waals surface area contributed by atoms with Crippen LogP contribution in [0, 0.1) is 0 Å². The third kappa shape index (κ3) is 5.97. The van der Waals surface area contributed by atoms with Gasteiger partial charge in [0.2, 0.25) is 5.95 Å². The van der Waals surface area contributed by atoms with Gasteiger partial charge in [-0.2, -0.15) is 10.1 Å². The second-order valence-electron chi connectivity index (χ2n) is 10.3. The zero-order valence-corrected chi connectivity index (χ0v) is 23.8. The summed E-state index contributed by atoms with van der Waals surface area (Å²) < 4.78 is 20.3. The number of methoxy groups -OCH3 is 1. The molecule has 194 valence electrons. The van der Waals surface area contributed by atoms with E-state index in [2.05, 4.69) is 46.5 Å². The van der Waals surface area contributed by atoms with Crippen molar-refractivity contribution in [3.63, 3.8) is 0 Å². The summed E-state index contributed by atoms with van der Waals surface area (Å²) in [5.41, 5.74) is 4.42. The fourth-order valence-corrected chi connectivity index (χ4v) is 5.37. The Morgan fingerprint density at radius 1 is 1.05 bits per heavy atom. The maximum absolute atomic E-state index is 12.8. The Morgan fingerprint density at radius 2 is 1.78 bits per heavy atom. The van der Waals surface area contributed by atoms with Crippen LogP contribution in [0.25, 0.3) is 11.1 Å².